The Balaban J connectivity index is 1.81. The van der Waals surface area contributed by atoms with E-state index in [1.54, 1.807) is 0 Å². The number of ketones is 1. The molecule has 0 bridgehead atoms. The highest BCUT2D eigenvalue weighted by Gasteiger charge is 2.31. The van der Waals surface area contributed by atoms with Gasteiger partial charge in [0.2, 0.25) is 5.78 Å². The summed E-state index contributed by atoms with van der Waals surface area (Å²) in [5, 5.41) is 12.1. The molecular weight excluding hydrogens is 356 g/mol. The van der Waals surface area contributed by atoms with Gasteiger partial charge < -0.3 is 4.57 Å². The molecule has 2 aromatic heterocycles. The molecule has 5 nitrogen and oxygen atoms in total. The van der Waals surface area contributed by atoms with Crippen molar-refractivity contribution in [3.63, 3.8) is 0 Å². The van der Waals surface area contributed by atoms with Crippen LogP contribution in [0.3, 0.4) is 0 Å². The Kier molecular flexibility index (Phi) is 4.87. The maximum atomic E-state index is 13.3. The van der Waals surface area contributed by atoms with Crippen molar-refractivity contribution in [3.05, 3.63) is 57.8 Å². The van der Waals surface area contributed by atoms with Crippen molar-refractivity contribution in [3.8, 4) is 17.5 Å². The molecule has 1 atom stereocenters. The number of nitrogens with zero attached hydrogens (tertiary/aromatic N) is 4. The van der Waals surface area contributed by atoms with Gasteiger partial charge in [-0.25, -0.2) is 9.97 Å². The summed E-state index contributed by atoms with van der Waals surface area (Å²) >= 11 is 1.36. The number of rotatable bonds is 4. The summed E-state index contributed by atoms with van der Waals surface area (Å²) < 4.78 is 2.18. The lowest BCUT2D eigenvalue weighted by atomic mass is 10.0. The molecule has 136 valence electrons. The first-order valence-electron chi connectivity index (χ1n) is 9.19. The highest BCUT2D eigenvalue weighted by molar-refractivity contribution is 7.10. The average Bonchev–Trinajstić information content (AvgIpc) is 3.18. The SMILES string of the molecule is Cc1csc(C(C#N)C(=O)c2nc(-c3ccccc3)n3c2CCCCC3)n1. The fraction of sp³-hybridized carbons (Fsp3) is 0.333. The van der Waals surface area contributed by atoms with Crippen LogP contribution in [-0.2, 0) is 13.0 Å². The van der Waals surface area contributed by atoms with Gasteiger partial charge in [-0.05, 0) is 26.2 Å². The summed E-state index contributed by atoms with van der Waals surface area (Å²) in [6.07, 6.45) is 4.06. The second-order valence-corrected chi connectivity index (χ2v) is 7.70. The van der Waals surface area contributed by atoms with Crippen LogP contribution in [-0.4, -0.2) is 20.3 Å². The Morgan fingerprint density at radius 3 is 2.74 bits per heavy atom. The van der Waals surface area contributed by atoms with Crippen LogP contribution in [0.5, 0.6) is 0 Å². The predicted molar refractivity (Wildman–Crippen MR) is 105 cm³/mol. The zero-order valence-electron chi connectivity index (χ0n) is 15.2. The molecule has 0 saturated carbocycles. The number of carbonyl (C=O) groups is 1. The van der Waals surface area contributed by atoms with E-state index < -0.39 is 5.92 Å². The van der Waals surface area contributed by atoms with Gasteiger partial charge in [-0.3, -0.25) is 4.79 Å². The Morgan fingerprint density at radius 1 is 1.22 bits per heavy atom. The van der Waals surface area contributed by atoms with E-state index in [2.05, 4.69) is 15.6 Å². The normalized spacial score (nSPS) is 14.8. The van der Waals surface area contributed by atoms with Crippen LogP contribution in [0.15, 0.2) is 35.7 Å². The molecule has 1 aromatic carbocycles. The van der Waals surface area contributed by atoms with Gasteiger partial charge >= 0.3 is 0 Å². The molecule has 0 fully saturated rings. The molecule has 0 aliphatic carbocycles. The molecule has 1 unspecified atom stereocenters. The first-order chi connectivity index (χ1) is 13.2. The maximum Gasteiger partial charge on any atom is 0.207 e. The maximum absolute atomic E-state index is 13.3. The number of aromatic nitrogens is 3. The number of hydrogen-bond donors (Lipinski definition) is 0. The number of carbonyl (C=O) groups excluding carboxylic acids is 1. The summed E-state index contributed by atoms with van der Waals surface area (Å²) in [6, 6.07) is 12.1. The number of nitriles is 1. The molecule has 27 heavy (non-hydrogen) atoms. The molecule has 1 aliphatic rings. The fourth-order valence-corrected chi connectivity index (χ4v) is 4.43. The van der Waals surface area contributed by atoms with Gasteiger partial charge in [0.1, 0.15) is 16.5 Å². The van der Waals surface area contributed by atoms with Crippen LogP contribution in [0.1, 0.15) is 52.1 Å². The molecule has 0 amide bonds. The molecular formula is C21H20N4OS. The van der Waals surface area contributed by atoms with Gasteiger partial charge in [0, 0.05) is 28.9 Å². The Hall–Kier alpha value is -2.78. The smallest absolute Gasteiger partial charge is 0.207 e. The quantitative estimate of drug-likeness (QED) is 0.627. The van der Waals surface area contributed by atoms with Gasteiger partial charge in [-0.15, -0.1) is 11.3 Å². The lowest BCUT2D eigenvalue weighted by Crippen LogP contribution is -2.14. The third-order valence-electron chi connectivity index (χ3n) is 4.91. The van der Waals surface area contributed by atoms with Gasteiger partial charge in [-0.2, -0.15) is 5.26 Å². The van der Waals surface area contributed by atoms with Crippen LogP contribution < -0.4 is 0 Å². The van der Waals surface area contributed by atoms with E-state index in [4.69, 9.17) is 4.98 Å². The minimum Gasteiger partial charge on any atom is -0.327 e. The zero-order valence-corrected chi connectivity index (χ0v) is 16.0. The van der Waals surface area contributed by atoms with Gasteiger partial charge in [0.05, 0.1) is 6.07 Å². The number of hydrogen-bond acceptors (Lipinski definition) is 5. The molecule has 0 radical (unpaired) electrons. The topological polar surface area (TPSA) is 71.6 Å². The summed E-state index contributed by atoms with van der Waals surface area (Å²) in [7, 11) is 0. The molecule has 6 heteroatoms. The standard InChI is InChI=1S/C21H20N4OS/c1-14-13-27-21(23-14)16(12-22)19(26)18-17-10-6-3-7-11-25(17)20(24-18)15-8-4-2-5-9-15/h2,4-5,8-9,13,16H,3,6-7,10-11H2,1H3. The van der Waals surface area contributed by atoms with E-state index in [-0.39, 0.29) is 5.78 Å². The predicted octanol–water partition coefficient (Wildman–Crippen LogP) is 4.53. The van der Waals surface area contributed by atoms with Crippen molar-refractivity contribution in [1.82, 2.24) is 14.5 Å². The zero-order chi connectivity index (χ0) is 18.8. The van der Waals surface area contributed by atoms with E-state index >= 15 is 0 Å². The fourth-order valence-electron chi connectivity index (χ4n) is 3.59. The molecule has 1 aliphatic heterocycles. The number of fused-ring (bicyclic) bond motifs is 1. The number of benzene rings is 1. The summed E-state index contributed by atoms with van der Waals surface area (Å²) in [5.74, 6) is -0.308. The lowest BCUT2D eigenvalue weighted by molar-refractivity contribution is 0.0973. The molecule has 0 spiro atoms. The number of Topliss-reactive ketones (excluding diaryl/α,β-unsaturated/α-hetero) is 1. The summed E-state index contributed by atoms with van der Waals surface area (Å²) in [6.45, 7) is 2.72. The highest BCUT2D eigenvalue weighted by Crippen LogP contribution is 2.31. The van der Waals surface area contributed by atoms with E-state index in [0.717, 1.165) is 55.0 Å². The second kappa shape index (κ2) is 7.45. The van der Waals surface area contributed by atoms with E-state index in [9.17, 15) is 10.1 Å². The second-order valence-electron chi connectivity index (χ2n) is 6.81. The minimum absolute atomic E-state index is 0.236. The van der Waals surface area contributed by atoms with Crippen molar-refractivity contribution < 1.29 is 4.79 Å². The van der Waals surface area contributed by atoms with Crippen LogP contribution in [0.4, 0.5) is 0 Å². The number of aryl methyl sites for hydroxylation is 1. The lowest BCUT2D eigenvalue weighted by Gasteiger charge is -2.09. The van der Waals surface area contributed by atoms with Crippen LogP contribution in [0.25, 0.3) is 11.4 Å². The molecule has 3 aromatic rings. The summed E-state index contributed by atoms with van der Waals surface area (Å²) in [5.41, 5.74) is 3.23. The van der Waals surface area contributed by atoms with Crippen LogP contribution in [0.2, 0.25) is 0 Å². The van der Waals surface area contributed by atoms with Crippen molar-refractivity contribution in [1.29, 1.82) is 5.26 Å². The first-order valence-corrected chi connectivity index (χ1v) is 10.1. The Labute approximate surface area is 162 Å². The number of imidazole rings is 1. The Bertz CT molecular complexity index is 1010. The first kappa shape index (κ1) is 17.6. The van der Waals surface area contributed by atoms with Crippen LogP contribution in [0, 0.1) is 18.3 Å². The third-order valence-corrected chi connectivity index (χ3v) is 5.94. The average molecular weight is 376 g/mol. The van der Waals surface area contributed by atoms with Crippen LogP contribution >= 0.6 is 11.3 Å². The highest BCUT2D eigenvalue weighted by atomic mass is 32.1. The monoisotopic (exact) mass is 376 g/mol. The summed E-state index contributed by atoms with van der Waals surface area (Å²) in [4.78, 5) is 22.4. The molecule has 0 N–H and O–H groups in total. The van der Waals surface area contributed by atoms with Crippen molar-refractivity contribution in [2.75, 3.05) is 0 Å². The molecule has 0 saturated heterocycles. The van der Waals surface area contributed by atoms with Crippen molar-refractivity contribution in [2.24, 2.45) is 0 Å². The minimum atomic E-state index is -0.893. The van der Waals surface area contributed by atoms with E-state index in [1.165, 1.54) is 11.3 Å². The van der Waals surface area contributed by atoms with Gasteiger partial charge in [-0.1, -0.05) is 36.8 Å². The van der Waals surface area contributed by atoms with Crippen molar-refractivity contribution in [2.45, 2.75) is 45.1 Å². The van der Waals surface area contributed by atoms with Gasteiger partial charge in [0.25, 0.3) is 0 Å². The number of thiazole rings is 1. The van der Waals surface area contributed by atoms with Gasteiger partial charge in [0.15, 0.2) is 5.92 Å². The van der Waals surface area contributed by atoms with Crippen molar-refractivity contribution >= 4 is 17.1 Å². The van der Waals surface area contributed by atoms with E-state index in [1.807, 2.05) is 42.6 Å². The molecule has 3 heterocycles. The third kappa shape index (κ3) is 3.31. The largest absolute Gasteiger partial charge is 0.327 e. The molecule has 4 rings (SSSR count). The Morgan fingerprint density at radius 2 is 2.04 bits per heavy atom. The van der Waals surface area contributed by atoms with E-state index in [0.29, 0.717) is 10.7 Å².